The minimum Gasteiger partial charge on any atom is -0.490 e. The van der Waals surface area contributed by atoms with Crippen LogP contribution in [0.3, 0.4) is 0 Å². The van der Waals surface area contributed by atoms with Gasteiger partial charge in [-0.15, -0.1) is 0 Å². The zero-order valence-electron chi connectivity index (χ0n) is 17.4. The zero-order valence-corrected chi connectivity index (χ0v) is 18.2. The average molecular weight is 408 g/mol. The molecule has 156 valence electrons. The summed E-state index contributed by atoms with van der Waals surface area (Å²) in [5, 5.41) is 6.96. The SMILES string of the molecule is CCCCNC(=S)Nc1cc(/C=C/C(=O)OC)ccc1OCCN(CC)CC. The Kier molecular flexibility index (Phi) is 11.9. The van der Waals surface area contributed by atoms with Gasteiger partial charge in [0.1, 0.15) is 12.4 Å². The van der Waals surface area contributed by atoms with E-state index in [1.807, 2.05) is 18.2 Å². The fourth-order valence-corrected chi connectivity index (χ4v) is 2.69. The molecule has 0 aliphatic carbocycles. The molecule has 2 N–H and O–H groups in total. The molecule has 1 aromatic rings. The van der Waals surface area contributed by atoms with Crippen LogP contribution in [0.15, 0.2) is 24.3 Å². The Morgan fingerprint density at radius 2 is 2.00 bits per heavy atom. The van der Waals surface area contributed by atoms with Crippen molar-refractivity contribution in [3.8, 4) is 5.75 Å². The van der Waals surface area contributed by atoms with Gasteiger partial charge in [-0.25, -0.2) is 4.79 Å². The van der Waals surface area contributed by atoms with E-state index in [-0.39, 0.29) is 0 Å². The minimum absolute atomic E-state index is 0.397. The fourth-order valence-electron chi connectivity index (χ4n) is 2.48. The van der Waals surface area contributed by atoms with E-state index in [2.05, 4.69) is 41.0 Å². The number of likely N-dealkylation sites (N-methyl/N-ethyl adjacent to an activating group) is 1. The standard InChI is InChI=1S/C21H33N3O3S/c1-5-8-13-22-21(28)23-18-16-17(10-12-20(25)26-4)9-11-19(18)27-15-14-24(6-2)7-3/h9-12,16H,5-8,13-15H2,1-4H3,(H2,22,23,28)/b12-10+. The Bertz CT molecular complexity index is 646. The maximum Gasteiger partial charge on any atom is 0.330 e. The van der Waals surface area contributed by atoms with Gasteiger partial charge in [-0.05, 0) is 55.5 Å². The largest absolute Gasteiger partial charge is 0.490 e. The number of methoxy groups -OCH3 is 1. The van der Waals surface area contributed by atoms with Gasteiger partial charge in [0.05, 0.1) is 12.8 Å². The van der Waals surface area contributed by atoms with Gasteiger partial charge < -0.3 is 25.0 Å². The Balaban J connectivity index is 2.87. The molecule has 7 heteroatoms. The first-order chi connectivity index (χ1) is 13.5. The molecule has 0 amide bonds. The van der Waals surface area contributed by atoms with E-state index >= 15 is 0 Å². The fraction of sp³-hybridized carbons (Fsp3) is 0.524. The molecule has 1 aromatic carbocycles. The molecule has 0 aromatic heterocycles. The predicted molar refractivity (Wildman–Crippen MR) is 120 cm³/mol. The van der Waals surface area contributed by atoms with Crippen molar-refractivity contribution in [2.75, 3.05) is 45.2 Å². The van der Waals surface area contributed by atoms with Crippen molar-refractivity contribution in [2.24, 2.45) is 0 Å². The summed E-state index contributed by atoms with van der Waals surface area (Å²) in [7, 11) is 1.35. The van der Waals surface area contributed by atoms with E-state index in [0.717, 1.165) is 56.0 Å². The van der Waals surface area contributed by atoms with E-state index in [1.54, 1.807) is 6.08 Å². The van der Waals surface area contributed by atoms with Crippen LogP contribution < -0.4 is 15.4 Å². The van der Waals surface area contributed by atoms with Crippen molar-refractivity contribution in [3.05, 3.63) is 29.8 Å². The molecule has 0 heterocycles. The molecule has 0 saturated carbocycles. The van der Waals surface area contributed by atoms with Crippen LogP contribution in [0.25, 0.3) is 6.08 Å². The van der Waals surface area contributed by atoms with Crippen LogP contribution in [0.2, 0.25) is 0 Å². The predicted octanol–water partition coefficient (Wildman–Crippen LogP) is 3.68. The second-order valence-corrected chi connectivity index (χ2v) is 6.63. The number of thiocarbonyl (C=S) groups is 1. The maximum absolute atomic E-state index is 11.3. The summed E-state index contributed by atoms with van der Waals surface area (Å²) in [5.41, 5.74) is 1.61. The minimum atomic E-state index is -0.397. The van der Waals surface area contributed by atoms with Crippen LogP contribution in [-0.2, 0) is 9.53 Å². The van der Waals surface area contributed by atoms with Crippen LogP contribution in [-0.4, -0.2) is 55.9 Å². The van der Waals surface area contributed by atoms with Crippen molar-refractivity contribution in [1.82, 2.24) is 10.2 Å². The first-order valence-corrected chi connectivity index (χ1v) is 10.2. The highest BCUT2D eigenvalue weighted by Gasteiger charge is 2.08. The third-order valence-electron chi connectivity index (χ3n) is 4.24. The third kappa shape index (κ3) is 9.19. The normalized spacial score (nSPS) is 10.9. The number of anilines is 1. The molecule has 0 spiro atoms. The highest BCUT2D eigenvalue weighted by molar-refractivity contribution is 7.80. The molecule has 0 atom stereocenters. The Morgan fingerprint density at radius 1 is 1.25 bits per heavy atom. The lowest BCUT2D eigenvalue weighted by atomic mass is 10.1. The number of benzene rings is 1. The lowest BCUT2D eigenvalue weighted by Gasteiger charge is -2.20. The summed E-state index contributed by atoms with van der Waals surface area (Å²) < 4.78 is 10.6. The Morgan fingerprint density at radius 3 is 2.64 bits per heavy atom. The molecule has 0 unspecified atom stereocenters. The van der Waals surface area contributed by atoms with Gasteiger partial charge in [0, 0.05) is 19.2 Å². The topological polar surface area (TPSA) is 62.8 Å². The van der Waals surface area contributed by atoms with E-state index < -0.39 is 5.97 Å². The molecule has 0 radical (unpaired) electrons. The number of esters is 1. The number of nitrogens with zero attached hydrogens (tertiary/aromatic N) is 1. The summed E-state index contributed by atoms with van der Waals surface area (Å²) in [6.07, 6.45) is 5.24. The van der Waals surface area contributed by atoms with Gasteiger partial charge in [-0.3, -0.25) is 0 Å². The average Bonchev–Trinajstić information content (AvgIpc) is 2.70. The lowest BCUT2D eigenvalue weighted by molar-refractivity contribution is -0.134. The smallest absolute Gasteiger partial charge is 0.330 e. The van der Waals surface area contributed by atoms with Gasteiger partial charge >= 0.3 is 5.97 Å². The zero-order chi connectivity index (χ0) is 20.8. The molecule has 0 aliphatic heterocycles. The van der Waals surface area contributed by atoms with Crippen molar-refractivity contribution >= 4 is 35.1 Å². The van der Waals surface area contributed by atoms with E-state index in [0.29, 0.717) is 11.7 Å². The molecule has 1 rings (SSSR count). The summed E-state index contributed by atoms with van der Waals surface area (Å²) in [6, 6.07) is 5.68. The van der Waals surface area contributed by atoms with Gasteiger partial charge in [-0.1, -0.05) is 33.3 Å². The quantitative estimate of drug-likeness (QED) is 0.237. The van der Waals surface area contributed by atoms with Crippen molar-refractivity contribution in [1.29, 1.82) is 0 Å². The number of carbonyl (C=O) groups is 1. The number of unbranched alkanes of at least 4 members (excludes halogenated alkanes) is 1. The highest BCUT2D eigenvalue weighted by atomic mass is 32.1. The lowest BCUT2D eigenvalue weighted by Crippen LogP contribution is -2.30. The van der Waals surface area contributed by atoms with E-state index in [1.165, 1.54) is 13.2 Å². The van der Waals surface area contributed by atoms with E-state index in [4.69, 9.17) is 17.0 Å². The van der Waals surface area contributed by atoms with Crippen LogP contribution >= 0.6 is 12.2 Å². The van der Waals surface area contributed by atoms with Gasteiger partial charge in [0.15, 0.2) is 5.11 Å². The number of carbonyl (C=O) groups excluding carboxylic acids is 1. The van der Waals surface area contributed by atoms with Crippen molar-refractivity contribution < 1.29 is 14.3 Å². The molecule has 0 fully saturated rings. The summed E-state index contributed by atoms with van der Waals surface area (Å²) >= 11 is 5.39. The van der Waals surface area contributed by atoms with Gasteiger partial charge in [0.2, 0.25) is 0 Å². The second-order valence-electron chi connectivity index (χ2n) is 6.22. The Hall–Kier alpha value is -2.12. The monoisotopic (exact) mass is 407 g/mol. The highest BCUT2D eigenvalue weighted by Crippen LogP contribution is 2.26. The van der Waals surface area contributed by atoms with Crippen LogP contribution in [0.4, 0.5) is 5.69 Å². The molecule has 0 aliphatic rings. The molecular weight excluding hydrogens is 374 g/mol. The first kappa shape index (κ1) is 23.9. The number of nitrogens with one attached hydrogen (secondary N) is 2. The van der Waals surface area contributed by atoms with Crippen LogP contribution in [0.1, 0.15) is 39.2 Å². The van der Waals surface area contributed by atoms with Crippen molar-refractivity contribution in [2.45, 2.75) is 33.6 Å². The van der Waals surface area contributed by atoms with Crippen molar-refractivity contribution in [3.63, 3.8) is 0 Å². The second kappa shape index (κ2) is 14.0. The van der Waals surface area contributed by atoms with Gasteiger partial charge in [0.25, 0.3) is 0 Å². The summed E-state index contributed by atoms with van der Waals surface area (Å²) in [6.45, 7) is 10.7. The Labute approximate surface area is 174 Å². The number of ether oxygens (including phenoxy) is 2. The number of rotatable bonds is 12. The van der Waals surface area contributed by atoms with Crippen LogP contribution in [0, 0.1) is 0 Å². The molecule has 28 heavy (non-hydrogen) atoms. The molecule has 6 nitrogen and oxygen atoms in total. The van der Waals surface area contributed by atoms with E-state index in [9.17, 15) is 4.79 Å². The van der Waals surface area contributed by atoms with Crippen LogP contribution in [0.5, 0.6) is 5.75 Å². The first-order valence-electron chi connectivity index (χ1n) is 9.84. The number of hydrogen-bond acceptors (Lipinski definition) is 5. The maximum atomic E-state index is 11.3. The van der Waals surface area contributed by atoms with Gasteiger partial charge in [-0.2, -0.15) is 0 Å². The summed E-state index contributed by atoms with van der Waals surface area (Å²) in [5.74, 6) is 0.327. The third-order valence-corrected chi connectivity index (χ3v) is 4.49. The summed E-state index contributed by atoms with van der Waals surface area (Å²) in [4.78, 5) is 13.6. The number of hydrogen-bond donors (Lipinski definition) is 2. The molecule has 0 bridgehead atoms. The molecule has 0 saturated heterocycles. The molecular formula is C21H33N3O3S.